The Labute approximate surface area is 102 Å². The van der Waals surface area contributed by atoms with Crippen LogP contribution in [-0.4, -0.2) is 30.5 Å². The number of halogens is 3. The molecule has 0 saturated heterocycles. The summed E-state index contributed by atoms with van der Waals surface area (Å²) in [4.78, 5) is 15.2. The van der Waals surface area contributed by atoms with Gasteiger partial charge in [-0.1, -0.05) is 11.6 Å². The highest BCUT2D eigenvalue weighted by atomic mass is 35.5. The summed E-state index contributed by atoms with van der Waals surface area (Å²) < 4.78 is 28.0. The van der Waals surface area contributed by atoms with Crippen LogP contribution in [0.4, 0.5) is 14.6 Å². The van der Waals surface area contributed by atoms with Crippen molar-refractivity contribution >= 4 is 23.3 Å². The zero-order chi connectivity index (χ0) is 12.7. The van der Waals surface area contributed by atoms with Crippen molar-refractivity contribution in [3.05, 3.63) is 23.4 Å². The molecule has 0 aliphatic rings. The highest BCUT2D eigenvalue weighted by Crippen LogP contribution is 2.11. The number of amides is 1. The number of nitrogens with one attached hydrogen (secondary N) is 1. The minimum atomic E-state index is -2.52. The molecule has 0 aromatic carbocycles. The lowest BCUT2D eigenvalue weighted by molar-refractivity contribution is -0.117. The molecule has 1 heterocycles. The molecular formula is C10H11ClF2N2O2. The number of carbonyl (C=O) groups excluding carboxylic acids is 1. The molecule has 0 aliphatic heterocycles. The first kappa shape index (κ1) is 13.8. The van der Waals surface area contributed by atoms with Gasteiger partial charge in [0.25, 0.3) is 6.43 Å². The van der Waals surface area contributed by atoms with E-state index in [9.17, 15) is 13.6 Å². The topological polar surface area (TPSA) is 51.2 Å². The van der Waals surface area contributed by atoms with Gasteiger partial charge in [0.15, 0.2) is 0 Å². The zero-order valence-corrected chi connectivity index (χ0v) is 9.58. The van der Waals surface area contributed by atoms with Crippen molar-refractivity contribution in [2.45, 2.75) is 12.8 Å². The van der Waals surface area contributed by atoms with Gasteiger partial charge in [0.1, 0.15) is 12.4 Å². The molecule has 0 spiro atoms. The van der Waals surface area contributed by atoms with Gasteiger partial charge in [-0.15, -0.1) is 0 Å². The van der Waals surface area contributed by atoms with E-state index >= 15 is 0 Å². The predicted octanol–water partition coefficient (Wildman–Crippen LogP) is 2.35. The Morgan fingerprint density at radius 3 is 3.00 bits per heavy atom. The maximum Gasteiger partial charge on any atom is 0.261 e. The van der Waals surface area contributed by atoms with Crippen LogP contribution in [0.1, 0.15) is 6.42 Å². The fourth-order valence-corrected chi connectivity index (χ4v) is 1.18. The van der Waals surface area contributed by atoms with Crippen LogP contribution in [-0.2, 0) is 9.53 Å². The Bertz CT molecular complexity index is 377. The summed E-state index contributed by atoms with van der Waals surface area (Å²) in [6.07, 6.45) is -1.08. The van der Waals surface area contributed by atoms with Gasteiger partial charge in [0.05, 0.1) is 13.0 Å². The van der Waals surface area contributed by atoms with Crippen molar-refractivity contribution in [2.75, 3.05) is 18.5 Å². The van der Waals surface area contributed by atoms with Crippen LogP contribution in [0.2, 0.25) is 5.02 Å². The van der Waals surface area contributed by atoms with Crippen LogP contribution in [0, 0.1) is 0 Å². The second-order valence-electron chi connectivity index (χ2n) is 3.12. The van der Waals surface area contributed by atoms with Gasteiger partial charge in [-0.2, -0.15) is 0 Å². The van der Waals surface area contributed by atoms with Crippen LogP contribution >= 0.6 is 11.6 Å². The Morgan fingerprint density at radius 1 is 1.59 bits per heavy atom. The molecule has 7 heteroatoms. The number of anilines is 1. The van der Waals surface area contributed by atoms with Crippen LogP contribution in [0.5, 0.6) is 0 Å². The van der Waals surface area contributed by atoms with E-state index in [1.807, 2.05) is 0 Å². The molecule has 17 heavy (non-hydrogen) atoms. The first-order valence-electron chi connectivity index (χ1n) is 4.85. The summed E-state index contributed by atoms with van der Waals surface area (Å²) in [7, 11) is 0. The van der Waals surface area contributed by atoms with Gasteiger partial charge in [0, 0.05) is 11.2 Å². The average Bonchev–Trinajstić information content (AvgIpc) is 2.24. The maximum atomic E-state index is 11.7. The second-order valence-corrected chi connectivity index (χ2v) is 3.56. The molecule has 94 valence electrons. The third-order valence-corrected chi connectivity index (χ3v) is 1.94. The van der Waals surface area contributed by atoms with E-state index in [1.165, 1.54) is 12.3 Å². The van der Waals surface area contributed by atoms with Gasteiger partial charge in [-0.25, -0.2) is 13.8 Å². The number of alkyl halides is 2. The fourth-order valence-electron chi connectivity index (χ4n) is 1.02. The molecule has 0 aliphatic carbocycles. The third kappa shape index (κ3) is 6.13. The van der Waals surface area contributed by atoms with Crippen molar-refractivity contribution in [3.63, 3.8) is 0 Å². The van der Waals surface area contributed by atoms with E-state index < -0.39 is 13.0 Å². The molecule has 4 nitrogen and oxygen atoms in total. The first-order valence-corrected chi connectivity index (χ1v) is 5.23. The van der Waals surface area contributed by atoms with Crippen LogP contribution < -0.4 is 5.32 Å². The highest BCUT2D eigenvalue weighted by molar-refractivity contribution is 6.30. The Kier molecular flexibility index (Phi) is 5.79. The number of hydrogen-bond donors (Lipinski definition) is 1. The number of rotatable bonds is 6. The van der Waals surface area contributed by atoms with E-state index in [2.05, 4.69) is 15.0 Å². The molecule has 1 amide bonds. The Morgan fingerprint density at radius 2 is 2.35 bits per heavy atom. The van der Waals surface area contributed by atoms with E-state index in [4.69, 9.17) is 11.6 Å². The van der Waals surface area contributed by atoms with E-state index in [-0.39, 0.29) is 18.9 Å². The molecule has 0 unspecified atom stereocenters. The third-order valence-electron chi connectivity index (χ3n) is 1.71. The first-order chi connectivity index (χ1) is 8.08. The maximum absolute atomic E-state index is 11.7. The summed E-state index contributed by atoms with van der Waals surface area (Å²) in [6, 6.07) is 3.06. The fraction of sp³-hybridized carbons (Fsp3) is 0.400. The number of ether oxygens (including phenoxy) is 1. The van der Waals surface area contributed by atoms with E-state index in [0.717, 1.165) is 0 Å². The van der Waals surface area contributed by atoms with Crippen LogP contribution in [0.25, 0.3) is 0 Å². The Hall–Kier alpha value is -1.27. The van der Waals surface area contributed by atoms with Crippen molar-refractivity contribution in [1.29, 1.82) is 0 Å². The van der Waals surface area contributed by atoms with E-state index in [1.54, 1.807) is 6.07 Å². The molecule has 1 aromatic rings. The van der Waals surface area contributed by atoms with Gasteiger partial charge >= 0.3 is 0 Å². The molecule has 0 fully saturated rings. The normalized spacial score (nSPS) is 10.6. The molecule has 0 atom stereocenters. The van der Waals surface area contributed by atoms with Crippen LogP contribution in [0.3, 0.4) is 0 Å². The molecular weight excluding hydrogens is 254 g/mol. The number of pyridine rings is 1. The van der Waals surface area contributed by atoms with Crippen molar-refractivity contribution in [1.82, 2.24) is 4.98 Å². The summed E-state index contributed by atoms with van der Waals surface area (Å²) in [5, 5.41) is 2.92. The smallest absolute Gasteiger partial charge is 0.261 e. The molecule has 1 N–H and O–H groups in total. The van der Waals surface area contributed by atoms with Gasteiger partial charge in [0.2, 0.25) is 5.91 Å². The van der Waals surface area contributed by atoms with E-state index in [0.29, 0.717) is 10.8 Å². The van der Waals surface area contributed by atoms with Gasteiger partial charge in [-0.05, 0) is 12.1 Å². The number of aromatic nitrogens is 1. The van der Waals surface area contributed by atoms with Gasteiger partial charge in [-0.3, -0.25) is 4.79 Å². The standard InChI is InChI=1S/C10H11ClF2N2O2/c11-7-1-3-14-9(5-7)15-10(16)2-4-17-6-8(12)13/h1,3,5,8H,2,4,6H2,(H,14,15,16). The van der Waals surface area contributed by atoms with Crippen LogP contribution in [0.15, 0.2) is 18.3 Å². The SMILES string of the molecule is O=C(CCOCC(F)F)Nc1cc(Cl)ccn1. The summed E-state index contributed by atoms with van der Waals surface area (Å²) >= 11 is 5.69. The lowest BCUT2D eigenvalue weighted by Gasteiger charge is -2.05. The largest absolute Gasteiger partial charge is 0.375 e. The summed E-state index contributed by atoms with van der Waals surface area (Å²) in [6.45, 7) is -0.723. The predicted molar refractivity (Wildman–Crippen MR) is 59.3 cm³/mol. The van der Waals surface area contributed by atoms with Crippen molar-refractivity contribution < 1.29 is 18.3 Å². The summed E-state index contributed by atoms with van der Waals surface area (Å²) in [5.74, 6) is -0.0506. The number of carbonyl (C=O) groups is 1. The number of hydrogen-bond acceptors (Lipinski definition) is 3. The minimum Gasteiger partial charge on any atom is -0.375 e. The minimum absolute atomic E-state index is 0.0130. The molecule has 0 saturated carbocycles. The second kappa shape index (κ2) is 7.13. The quantitative estimate of drug-likeness (QED) is 0.803. The zero-order valence-electron chi connectivity index (χ0n) is 8.83. The Balaban J connectivity index is 2.25. The highest BCUT2D eigenvalue weighted by Gasteiger charge is 2.06. The molecule has 1 aromatic heterocycles. The lowest BCUT2D eigenvalue weighted by atomic mass is 10.4. The molecule has 0 bridgehead atoms. The van der Waals surface area contributed by atoms with Gasteiger partial charge < -0.3 is 10.1 Å². The number of nitrogens with zero attached hydrogens (tertiary/aromatic N) is 1. The summed E-state index contributed by atoms with van der Waals surface area (Å²) in [5.41, 5.74) is 0. The molecule has 0 radical (unpaired) electrons. The monoisotopic (exact) mass is 264 g/mol. The average molecular weight is 265 g/mol. The van der Waals surface area contributed by atoms with Crippen molar-refractivity contribution in [2.24, 2.45) is 0 Å². The van der Waals surface area contributed by atoms with Crippen molar-refractivity contribution in [3.8, 4) is 0 Å². The lowest BCUT2D eigenvalue weighted by Crippen LogP contribution is -2.16. The molecule has 1 rings (SSSR count).